The molecule has 0 bridgehead atoms. The number of ether oxygens (including phenoxy) is 1. The van der Waals surface area contributed by atoms with Gasteiger partial charge in [0.1, 0.15) is 5.75 Å². The minimum atomic E-state index is -0.223. The third-order valence-electron chi connectivity index (χ3n) is 4.29. The van der Waals surface area contributed by atoms with Crippen molar-refractivity contribution >= 4 is 28.7 Å². The molecule has 6 nitrogen and oxygen atoms in total. The van der Waals surface area contributed by atoms with Crippen molar-refractivity contribution in [3.63, 3.8) is 0 Å². The molecule has 0 aliphatic heterocycles. The van der Waals surface area contributed by atoms with Crippen LogP contribution in [0.5, 0.6) is 5.75 Å². The SMILES string of the molecule is CCOc1ccc(C(=O)CCC(=O)Nc2nc3ccccc3n2CC)cc1. The van der Waals surface area contributed by atoms with Crippen LogP contribution >= 0.6 is 0 Å². The van der Waals surface area contributed by atoms with Crippen molar-refractivity contribution in [1.29, 1.82) is 0 Å². The first-order valence-corrected chi connectivity index (χ1v) is 9.13. The Labute approximate surface area is 158 Å². The number of para-hydroxylation sites is 2. The quantitative estimate of drug-likeness (QED) is 0.611. The van der Waals surface area contributed by atoms with Gasteiger partial charge in [0.05, 0.1) is 17.6 Å². The molecule has 140 valence electrons. The van der Waals surface area contributed by atoms with Gasteiger partial charge >= 0.3 is 0 Å². The lowest BCUT2D eigenvalue weighted by atomic mass is 10.1. The molecule has 0 saturated carbocycles. The van der Waals surface area contributed by atoms with Crippen molar-refractivity contribution in [1.82, 2.24) is 9.55 Å². The molecule has 0 fully saturated rings. The van der Waals surface area contributed by atoms with Crippen LogP contribution in [-0.2, 0) is 11.3 Å². The zero-order chi connectivity index (χ0) is 19.2. The lowest BCUT2D eigenvalue weighted by Crippen LogP contribution is -2.16. The molecule has 2 aromatic carbocycles. The molecule has 0 saturated heterocycles. The summed E-state index contributed by atoms with van der Waals surface area (Å²) in [6.45, 7) is 5.18. The Kier molecular flexibility index (Phi) is 5.86. The number of benzene rings is 2. The predicted molar refractivity (Wildman–Crippen MR) is 105 cm³/mol. The number of anilines is 1. The average Bonchev–Trinajstić information content (AvgIpc) is 3.03. The van der Waals surface area contributed by atoms with Crippen molar-refractivity contribution in [2.75, 3.05) is 11.9 Å². The van der Waals surface area contributed by atoms with Crippen LogP contribution < -0.4 is 10.1 Å². The van der Waals surface area contributed by atoms with E-state index in [2.05, 4.69) is 10.3 Å². The Morgan fingerprint density at radius 1 is 1.04 bits per heavy atom. The number of amides is 1. The van der Waals surface area contributed by atoms with Crippen LogP contribution in [0.15, 0.2) is 48.5 Å². The maximum Gasteiger partial charge on any atom is 0.227 e. The van der Waals surface area contributed by atoms with Gasteiger partial charge in [-0.25, -0.2) is 4.98 Å². The topological polar surface area (TPSA) is 73.2 Å². The summed E-state index contributed by atoms with van der Waals surface area (Å²) in [5.74, 6) is 0.943. The van der Waals surface area contributed by atoms with Crippen molar-refractivity contribution in [3.05, 3.63) is 54.1 Å². The fourth-order valence-corrected chi connectivity index (χ4v) is 2.95. The van der Waals surface area contributed by atoms with E-state index in [0.29, 0.717) is 24.7 Å². The van der Waals surface area contributed by atoms with Gasteiger partial charge in [0.2, 0.25) is 11.9 Å². The summed E-state index contributed by atoms with van der Waals surface area (Å²) in [6, 6.07) is 14.7. The second-order valence-electron chi connectivity index (χ2n) is 6.10. The number of hydrogen-bond acceptors (Lipinski definition) is 4. The predicted octanol–water partition coefficient (Wildman–Crippen LogP) is 4.06. The van der Waals surface area contributed by atoms with Crippen LogP contribution in [0, 0.1) is 0 Å². The zero-order valence-electron chi connectivity index (χ0n) is 15.6. The molecule has 6 heteroatoms. The number of rotatable bonds is 8. The highest BCUT2D eigenvalue weighted by molar-refractivity contribution is 6.00. The van der Waals surface area contributed by atoms with Gasteiger partial charge in [0.15, 0.2) is 5.78 Å². The largest absolute Gasteiger partial charge is 0.494 e. The summed E-state index contributed by atoms with van der Waals surface area (Å²) in [4.78, 5) is 29.1. The van der Waals surface area contributed by atoms with Crippen LogP contribution in [0.1, 0.15) is 37.0 Å². The molecule has 0 aliphatic carbocycles. The summed E-state index contributed by atoms with van der Waals surface area (Å²) >= 11 is 0. The third kappa shape index (κ3) is 4.34. The lowest BCUT2D eigenvalue weighted by Gasteiger charge is -2.08. The van der Waals surface area contributed by atoms with Crippen molar-refractivity contribution in [2.45, 2.75) is 33.2 Å². The smallest absolute Gasteiger partial charge is 0.227 e. The molecule has 1 amide bonds. The molecule has 0 aliphatic rings. The van der Waals surface area contributed by atoms with Crippen molar-refractivity contribution in [2.24, 2.45) is 0 Å². The fraction of sp³-hybridized carbons (Fsp3) is 0.286. The van der Waals surface area contributed by atoms with Gasteiger partial charge in [0, 0.05) is 24.9 Å². The number of aryl methyl sites for hydroxylation is 1. The molecule has 3 rings (SSSR count). The summed E-state index contributed by atoms with van der Waals surface area (Å²) in [7, 11) is 0. The number of imidazole rings is 1. The molecule has 1 aromatic heterocycles. The molecule has 1 N–H and O–H groups in total. The number of nitrogens with one attached hydrogen (secondary N) is 1. The molecule has 0 radical (unpaired) electrons. The van der Waals surface area contributed by atoms with Crippen LogP contribution in [0.2, 0.25) is 0 Å². The lowest BCUT2D eigenvalue weighted by molar-refractivity contribution is -0.116. The van der Waals surface area contributed by atoms with Gasteiger partial charge in [-0.2, -0.15) is 0 Å². The molecule has 0 unspecified atom stereocenters. The third-order valence-corrected chi connectivity index (χ3v) is 4.29. The molecular weight excluding hydrogens is 342 g/mol. The summed E-state index contributed by atoms with van der Waals surface area (Å²) in [6.07, 6.45) is 0.255. The first kappa shape index (κ1) is 18.6. The number of fused-ring (bicyclic) bond motifs is 1. The number of carbonyl (C=O) groups excluding carboxylic acids is 2. The van der Waals surface area contributed by atoms with Gasteiger partial charge in [-0.15, -0.1) is 0 Å². The maximum absolute atomic E-state index is 12.3. The minimum Gasteiger partial charge on any atom is -0.494 e. The van der Waals surface area contributed by atoms with E-state index in [1.165, 1.54) is 0 Å². The van der Waals surface area contributed by atoms with Crippen LogP contribution in [0.4, 0.5) is 5.95 Å². The molecule has 3 aromatic rings. The van der Waals surface area contributed by atoms with E-state index in [-0.39, 0.29) is 24.5 Å². The average molecular weight is 365 g/mol. The van der Waals surface area contributed by atoms with Crippen LogP contribution in [-0.4, -0.2) is 27.8 Å². The first-order chi connectivity index (χ1) is 13.1. The standard InChI is InChI=1S/C21H23N3O3/c1-3-24-18-8-6-5-7-17(18)22-21(24)23-20(26)14-13-19(25)15-9-11-16(12-10-15)27-4-2/h5-12H,3-4,13-14H2,1-2H3,(H,22,23,26). The van der Waals surface area contributed by atoms with Crippen molar-refractivity contribution < 1.29 is 14.3 Å². The molecule has 0 atom stereocenters. The zero-order valence-corrected chi connectivity index (χ0v) is 15.6. The van der Waals surface area contributed by atoms with E-state index in [1.807, 2.05) is 42.7 Å². The van der Waals surface area contributed by atoms with E-state index in [0.717, 1.165) is 16.8 Å². The second kappa shape index (κ2) is 8.49. The number of nitrogens with zero attached hydrogens (tertiary/aromatic N) is 2. The number of carbonyl (C=O) groups is 2. The Morgan fingerprint density at radius 2 is 1.78 bits per heavy atom. The fourth-order valence-electron chi connectivity index (χ4n) is 2.95. The minimum absolute atomic E-state index is 0.0720. The van der Waals surface area contributed by atoms with Crippen molar-refractivity contribution in [3.8, 4) is 5.75 Å². The van der Waals surface area contributed by atoms with Gasteiger partial charge in [-0.1, -0.05) is 12.1 Å². The summed E-state index contributed by atoms with van der Waals surface area (Å²) in [5, 5.41) is 2.82. The number of hydrogen-bond donors (Lipinski definition) is 1. The Bertz CT molecular complexity index is 945. The van der Waals surface area contributed by atoms with Crippen LogP contribution in [0.25, 0.3) is 11.0 Å². The van der Waals surface area contributed by atoms with Gasteiger partial charge in [-0.05, 0) is 50.2 Å². The highest BCUT2D eigenvalue weighted by atomic mass is 16.5. The molecule has 27 heavy (non-hydrogen) atoms. The highest BCUT2D eigenvalue weighted by Gasteiger charge is 2.14. The maximum atomic E-state index is 12.3. The molecular formula is C21H23N3O3. The molecule has 1 heterocycles. The van der Waals surface area contributed by atoms with Gasteiger partial charge < -0.3 is 9.30 Å². The summed E-state index contributed by atoms with van der Waals surface area (Å²) in [5.41, 5.74) is 2.38. The number of aromatic nitrogens is 2. The van der Waals surface area contributed by atoms with E-state index < -0.39 is 0 Å². The van der Waals surface area contributed by atoms with E-state index in [4.69, 9.17) is 4.74 Å². The molecule has 0 spiro atoms. The monoisotopic (exact) mass is 365 g/mol. The van der Waals surface area contributed by atoms with E-state index >= 15 is 0 Å². The number of ketones is 1. The Hall–Kier alpha value is -3.15. The van der Waals surface area contributed by atoms with Crippen LogP contribution in [0.3, 0.4) is 0 Å². The van der Waals surface area contributed by atoms with E-state index in [9.17, 15) is 9.59 Å². The summed E-state index contributed by atoms with van der Waals surface area (Å²) < 4.78 is 7.31. The van der Waals surface area contributed by atoms with Gasteiger partial charge in [0.25, 0.3) is 0 Å². The highest BCUT2D eigenvalue weighted by Crippen LogP contribution is 2.20. The normalized spacial score (nSPS) is 10.7. The van der Waals surface area contributed by atoms with Gasteiger partial charge in [-0.3, -0.25) is 14.9 Å². The Morgan fingerprint density at radius 3 is 2.48 bits per heavy atom. The first-order valence-electron chi connectivity index (χ1n) is 9.13. The Balaban J connectivity index is 1.60. The number of Topliss-reactive ketones (excluding diaryl/α,β-unsaturated/α-hetero) is 1. The second-order valence-corrected chi connectivity index (χ2v) is 6.10. The van der Waals surface area contributed by atoms with E-state index in [1.54, 1.807) is 24.3 Å².